The fraction of sp³-hybridized carbons (Fsp3) is 0.156. The fourth-order valence-electron chi connectivity index (χ4n) is 4.78. The van der Waals surface area contributed by atoms with Crippen LogP contribution < -0.4 is 0 Å². The summed E-state index contributed by atoms with van der Waals surface area (Å²) in [4.78, 5) is 19.7. The molecule has 0 amide bonds. The fourth-order valence-corrected chi connectivity index (χ4v) is 4.78. The summed E-state index contributed by atoms with van der Waals surface area (Å²) in [7, 11) is 0. The van der Waals surface area contributed by atoms with Crippen LogP contribution in [0.5, 0.6) is 0 Å². The van der Waals surface area contributed by atoms with Crippen LogP contribution in [-0.4, -0.2) is 32.8 Å². The maximum atomic E-state index is 11.8. The van der Waals surface area contributed by atoms with Crippen molar-refractivity contribution in [1.82, 2.24) is 5.34 Å². The molecule has 0 aromatic heterocycles. The van der Waals surface area contributed by atoms with Crippen LogP contribution in [0, 0.1) is 391 Å². The molecule has 25 nitrogen and oxygen atoms in total. The number of hydrogen-bond donors (Lipinski definition) is 4. The Morgan fingerprint density at radius 1 is 0.441 bits per heavy atom. The van der Waals surface area contributed by atoms with Gasteiger partial charge in [0.1, 0.15) is 5.78 Å². The van der Waals surface area contributed by atoms with E-state index >= 15 is 0 Å². The molecule has 0 aromatic rings. The van der Waals surface area contributed by atoms with Crippen molar-refractivity contribution in [2.45, 2.75) is 60.0 Å². The normalized spacial score (nSPS) is 9.94. The summed E-state index contributed by atoms with van der Waals surface area (Å²) in [5.41, 5.74) is 6.20. The van der Waals surface area contributed by atoms with Gasteiger partial charge in [0.25, 0.3) is 0 Å². The Balaban J connectivity index is -0.0000000167. The average Bonchev–Trinajstić information content (AvgIpc) is 0.835. The number of carbonyl (C=O) groups is 1. The SMILES string of the molecule is C.C#CC#CC#CC#CC#CC#CC#CC#CC#CC#CC#CC#CC#CC#CC#CC#CC#CC#CC#CC#CC#CC#CC#CC#CC#CC#CC#CC#CC#CC#CC#C.C/C=C/CC(C)C(O)C1C(=O)CCCC1C.N=N/N=N/N=N/N=N/N=N/N(OOOOOO)OOOOOO.[HH].[HH].[HH].[HH].[HH].[HH].[HH].[HH].[HH].[HH].[HH].[HH].[HH].[HH].[HH].[HH].[HH].[HH].[HH].[HH].[HH].[HH].[HH].[HH].[HH].[HH].[HH].[HH].[HH].[HH].[HH].[HH].[HH].[HH].[HH].[HH].[HH].[HH].[HH].[HH].[HH].[HH].[HH].[HH].[HH].[HH].[HH].[HH].[HH].[HH].[HH].[HH].[HH].[HH]. The van der Waals surface area contributed by atoms with Gasteiger partial charge in [-0.2, -0.15) is 5.53 Å². The lowest BCUT2D eigenvalue weighted by molar-refractivity contribution is -0.825. The standard InChI is InChI=1S/C62H2.C14H24O2.CH4.H3N11O12.54H2/c1-3-5-7-9-11-13-15-17-19-21-23-25-27-29-31-33-35-37-39-41-43-45-47-49-51-53-55-57-59-61-62-60-58-56-54-52-50-48-46-44-42-40-38-36-34-32-30-28-26-24-22-20-18-16-14-12-10-8-6-4-2;1-4-5-7-11(3)14(16)13-10(2)8-6-9-12(13)15;;1-2-3-4-5-6-7-8-9-10-11(14-18-22-20-16-12)15-19-23-21-17-13;;;;;;;;;;;;;;;;;;;;;;;;;;;;;;;;;;;;;;;;;;;;;;;;;;;;;;/h1-2H;4-5,10-11,13-14,16H,6-9H2,1-3H3;1H4;1,12-13H;54*1H/b;5-4+;;2-1?,4-3+,6-5+,8-7+,10-9+;;;;;;;;;;;;;;;;;;;;;;;;;;;;;;;;;;;;;;;;;;;;;;;;;;;;;;. The number of carbonyl (C=O) groups excluding carboxylic acids is 1. The molecule has 4 atom stereocenters. The molecule has 0 radical (unpaired) electrons. The van der Waals surface area contributed by atoms with Gasteiger partial charge in [0.05, 0.1) is 11.4 Å². The van der Waals surface area contributed by atoms with Crippen molar-refractivity contribution < 1.29 is 148 Å². The molecule has 0 aliphatic heterocycles. The number of nitrogens with one attached hydrogen (secondary N) is 1. The lowest BCUT2D eigenvalue weighted by atomic mass is 9.73. The van der Waals surface area contributed by atoms with Gasteiger partial charge in [-0.1, -0.05) is 33.4 Å². The zero-order valence-corrected chi connectivity index (χ0v) is 51.8. The predicted molar refractivity (Wildman–Crippen MR) is 473 cm³/mol. The van der Waals surface area contributed by atoms with E-state index in [1.165, 1.54) is 0 Å². The number of Topliss-reactive ketones (excluding diaryl/α,β-unsaturated/α-hetero) is 1. The van der Waals surface area contributed by atoms with Crippen LogP contribution in [0.25, 0.3) is 0 Å². The van der Waals surface area contributed by atoms with Crippen LogP contribution in [0.15, 0.2) is 59.2 Å². The number of ketones is 1. The number of allylic oxidation sites excluding steroid dienone is 2. The van der Waals surface area contributed by atoms with Gasteiger partial charge in [0, 0.05) is 371 Å². The van der Waals surface area contributed by atoms with Gasteiger partial charge in [0.2, 0.25) is 0 Å². The van der Waals surface area contributed by atoms with E-state index in [0.29, 0.717) is 12.3 Å². The summed E-state index contributed by atoms with van der Waals surface area (Å²) in [6.45, 7) is 6.10. The molecule has 1 rings (SSSR count). The number of aliphatic hydroxyl groups excluding tert-OH is 1. The van der Waals surface area contributed by atoms with E-state index in [-0.39, 0.29) is 107 Å². The summed E-state index contributed by atoms with van der Waals surface area (Å²) >= 11 is 0. The molecule has 0 spiro atoms. The lowest BCUT2D eigenvalue weighted by Gasteiger charge is -2.34. The first-order valence-electron chi connectivity index (χ1n) is 25.8. The Bertz CT molecular complexity index is 5150. The predicted octanol–water partition coefficient (Wildman–Crippen LogP) is 18.2. The Labute approximate surface area is 669 Å². The van der Waals surface area contributed by atoms with Gasteiger partial charge >= 0.3 is 0 Å². The summed E-state index contributed by atoms with van der Waals surface area (Å²) in [5, 5.41) is 77.2. The minimum Gasteiger partial charge on any atom is -0.392 e. The number of hydrogen-bond acceptors (Lipinski definition) is 16. The molecule has 1 aliphatic rings. The highest BCUT2D eigenvalue weighted by Crippen LogP contribution is 2.33. The summed E-state index contributed by atoms with van der Waals surface area (Å²) in [6, 6.07) is 0. The largest absolute Gasteiger partial charge is 0.392 e. The highest BCUT2D eigenvalue weighted by atomic mass is 17.9. The van der Waals surface area contributed by atoms with Crippen LogP contribution in [-0.2, 0) is 55.1 Å². The molecule has 0 bridgehead atoms. The van der Waals surface area contributed by atoms with E-state index in [4.69, 9.17) is 28.9 Å². The monoisotopic (exact) mass is 1440 g/mol. The number of terminal acetylenes is 2. The zero-order valence-electron chi connectivity index (χ0n) is 51.8. The first-order chi connectivity index (χ1) is 49.8. The summed E-state index contributed by atoms with van der Waals surface area (Å²) in [5.74, 6) is 149. The van der Waals surface area contributed by atoms with Crippen molar-refractivity contribution in [2.24, 2.45) is 64.8 Å². The Morgan fingerprint density at radius 2 is 0.686 bits per heavy atom. The molecule has 102 heavy (non-hydrogen) atoms. The van der Waals surface area contributed by atoms with Crippen molar-refractivity contribution >= 4 is 5.78 Å². The minimum absolute atomic E-state index is 0. The zero-order chi connectivity index (χ0) is 73.6. The number of aliphatic hydroxyl groups is 1. The first-order valence-corrected chi connectivity index (χ1v) is 25.8. The van der Waals surface area contributed by atoms with E-state index < -0.39 is 6.10 Å². The molecular formula is C77H141N11O14. The van der Waals surface area contributed by atoms with Gasteiger partial charge in [-0.15, -0.1) is 12.8 Å². The van der Waals surface area contributed by atoms with Crippen LogP contribution in [0.3, 0.4) is 0 Å². The molecule has 4 unspecified atom stereocenters. The van der Waals surface area contributed by atoms with Crippen LogP contribution >= 0.6 is 0 Å². The molecule has 4 N–H and O–H groups in total. The topological polar surface area (TPSA) is 308 Å². The Hall–Kier alpha value is -16.9. The third-order valence-electron chi connectivity index (χ3n) is 8.23. The highest BCUT2D eigenvalue weighted by molar-refractivity contribution is 5.82. The molecule has 1 fully saturated rings. The van der Waals surface area contributed by atoms with Crippen molar-refractivity contribution in [3.05, 3.63) is 12.2 Å². The molecule has 588 valence electrons. The van der Waals surface area contributed by atoms with Gasteiger partial charge in [-0.05, 0) is 209 Å². The molecule has 0 heterocycles. The van der Waals surface area contributed by atoms with Crippen molar-refractivity contribution in [3.63, 3.8) is 0 Å². The van der Waals surface area contributed by atoms with E-state index in [1.807, 2.05) is 19.9 Å². The highest BCUT2D eigenvalue weighted by Gasteiger charge is 2.36. The first kappa shape index (κ1) is 89.2. The number of rotatable bonds is 19. The van der Waals surface area contributed by atoms with Gasteiger partial charge in [0.15, 0.2) is 0 Å². The second kappa shape index (κ2) is 78.3. The lowest BCUT2D eigenvalue weighted by Crippen LogP contribution is -2.39. The Kier molecular flexibility index (Phi) is 68.5. The summed E-state index contributed by atoms with van der Waals surface area (Å²) in [6.07, 6.45) is 17.0. The second-order valence-electron chi connectivity index (χ2n) is 14.4. The van der Waals surface area contributed by atoms with Crippen LogP contribution in [0.4, 0.5) is 0 Å². The third kappa shape index (κ3) is 68.9. The minimum atomic E-state index is -0.473. The van der Waals surface area contributed by atoms with Crippen molar-refractivity contribution in [1.29, 1.82) is 5.53 Å². The van der Waals surface area contributed by atoms with Gasteiger partial charge in [-0.25, -0.2) is 10.5 Å². The van der Waals surface area contributed by atoms with E-state index in [0.717, 1.165) is 19.3 Å². The van der Waals surface area contributed by atoms with Gasteiger partial charge < -0.3 is 5.11 Å². The Morgan fingerprint density at radius 3 is 0.912 bits per heavy atom. The molecule has 1 saturated carbocycles. The molecule has 0 aromatic carbocycles. The maximum Gasteiger partial charge on any atom is 0.138 e. The molecular weight excluding hydrogens is 1300 g/mol. The van der Waals surface area contributed by atoms with Crippen LogP contribution in [0.2, 0.25) is 0 Å². The molecule has 25 heteroatoms. The van der Waals surface area contributed by atoms with Crippen LogP contribution in [0.1, 0.15) is 131 Å². The smallest absolute Gasteiger partial charge is 0.138 e. The third-order valence-corrected chi connectivity index (χ3v) is 8.23. The van der Waals surface area contributed by atoms with Crippen molar-refractivity contribution in [3.8, 4) is 368 Å². The van der Waals surface area contributed by atoms with Crippen molar-refractivity contribution in [2.75, 3.05) is 0 Å². The summed E-state index contributed by atoms with van der Waals surface area (Å²) < 4.78 is 0. The van der Waals surface area contributed by atoms with E-state index in [2.05, 4.69) is 466 Å². The number of nitrogens with zero attached hydrogens (tertiary/aromatic N) is 10. The van der Waals surface area contributed by atoms with E-state index in [9.17, 15) is 9.90 Å². The van der Waals surface area contributed by atoms with Gasteiger partial charge in [-0.3, -0.25) is 4.79 Å². The average molecular weight is 1450 g/mol. The maximum absolute atomic E-state index is 11.8. The molecule has 1 aliphatic carbocycles. The van der Waals surface area contributed by atoms with E-state index in [1.54, 1.807) is 0 Å². The molecule has 0 saturated heterocycles. The second-order valence-corrected chi connectivity index (χ2v) is 14.4. The quantitative estimate of drug-likeness (QED) is 0.0233.